The Morgan fingerprint density at radius 3 is 1.02 bits per heavy atom. The highest BCUT2D eigenvalue weighted by Gasteiger charge is 2.58. The van der Waals surface area contributed by atoms with Crippen molar-refractivity contribution in [2.75, 3.05) is 0 Å². The predicted octanol–water partition coefficient (Wildman–Crippen LogP) is 11.7. The van der Waals surface area contributed by atoms with Crippen molar-refractivity contribution in [1.82, 2.24) is 0 Å². The SMILES string of the molecule is CCc1ccccc1C1=C(c2ccccc2CC)[Si](c2ccccc2)(C(C)(C)C)C(c2ccccc2CC)=C1c1ccccc1CC. The van der Waals surface area contributed by atoms with E-state index in [1.165, 1.54) is 60.8 Å². The maximum absolute atomic E-state index is 2.85. The van der Waals surface area contributed by atoms with Gasteiger partial charge in [-0.15, -0.1) is 0 Å². The fourth-order valence-corrected chi connectivity index (χ4v) is 14.9. The molecule has 0 unspecified atom stereocenters. The topological polar surface area (TPSA) is 0 Å². The summed E-state index contributed by atoms with van der Waals surface area (Å²) in [5.74, 6) is 0. The average Bonchev–Trinajstić information content (AvgIpc) is 3.44. The standard InChI is InChI=1S/C46H50Si/c1-8-33-23-15-19-29-38(33)42-43(39-30-20-16-24-34(39)9-2)45(41-32-22-18-26-36(41)11-4)47(46(5,6)7,37-27-13-12-14-28-37)44(42)40-31-21-17-25-35(40)10-3/h12-32H,8-11H2,1-7H3. The lowest BCUT2D eigenvalue weighted by Crippen LogP contribution is -2.56. The van der Waals surface area contributed by atoms with Gasteiger partial charge in [0.15, 0.2) is 8.07 Å². The molecule has 238 valence electrons. The molecule has 0 aliphatic carbocycles. The second-order valence-electron chi connectivity index (χ2n) is 13.9. The molecule has 0 saturated carbocycles. The zero-order valence-corrected chi connectivity index (χ0v) is 30.5. The summed E-state index contributed by atoms with van der Waals surface area (Å²) >= 11 is 0. The van der Waals surface area contributed by atoms with Crippen LogP contribution in [-0.4, -0.2) is 8.07 Å². The number of aryl methyl sites for hydroxylation is 4. The van der Waals surface area contributed by atoms with Crippen LogP contribution in [0.5, 0.6) is 0 Å². The van der Waals surface area contributed by atoms with Crippen LogP contribution in [0.4, 0.5) is 0 Å². The van der Waals surface area contributed by atoms with E-state index in [0.717, 1.165) is 25.7 Å². The lowest BCUT2D eigenvalue weighted by Gasteiger charge is -2.46. The van der Waals surface area contributed by atoms with Gasteiger partial charge < -0.3 is 0 Å². The normalized spacial score (nSPS) is 14.6. The largest absolute Gasteiger partial charge is 0.156 e. The molecule has 0 saturated heterocycles. The smallest absolute Gasteiger partial charge is 0.0624 e. The van der Waals surface area contributed by atoms with Crippen LogP contribution in [-0.2, 0) is 25.7 Å². The number of hydrogen-bond acceptors (Lipinski definition) is 0. The molecule has 0 nitrogen and oxygen atoms in total. The summed E-state index contributed by atoms with van der Waals surface area (Å²) in [6.07, 6.45) is 3.96. The summed E-state index contributed by atoms with van der Waals surface area (Å²) in [5, 5.41) is 4.59. The predicted molar refractivity (Wildman–Crippen MR) is 208 cm³/mol. The second-order valence-corrected chi connectivity index (χ2v) is 18.5. The first-order valence-electron chi connectivity index (χ1n) is 17.7. The Kier molecular flexibility index (Phi) is 9.40. The molecule has 0 fully saturated rings. The molecule has 1 heterocycles. The van der Waals surface area contributed by atoms with Gasteiger partial charge in [-0.1, -0.05) is 176 Å². The molecule has 47 heavy (non-hydrogen) atoms. The van der Waals surface area contributed by atoms with Crippen LogP contribution >= 0.6 is 0 Å². The van der Waals surface area contributed by atoms with Crippen molar-refractivity contribution in [3.8, 4) is 0 Å². The monoisotopic (exact) mass is 630 g/mol. The number of hydrogen-bond donors (Lipinski definition) is 0. The Hall–Kier alpha value is -4.20. The van der Waals surface area contributed by atoms with Crippen LogP contribution in [0.1, 0.15) is 93.0 Å². The van der Waals surface area contributed by atoms with Crippen molar-refractivity contribution in [3.63, 3.8) is 0 Å². The fraction of sp³-hybridized carbons (Fsp3) is 0.261. The van der Waals surface area contributed by atoms with Crippen LogP contribution in [0.15, 0.2) is 127 Å². The van der Waals surface area contributed by atoms with Crippen LogP contribution in [0.3, 0.4) is 0 Å². The molecule has 0 spiro atoms. The highest BCUT2D eigenvalue weighted by Crippen LogP contribution is 2.63. The number of allylic oxidation sites excluding steroid dienone is 2. The zero-order chi connectivity index (χ0) is 33.2. The molecule has 5 aromatic rings. The van der Waals surface area contributed by atoms with Gasteiger partial charge in [0, 0.05) is 0 Å². The van der Waals surface area contributed by atoms with Crippen molar-refractivity contribution >= 4 is 34.8 Å². The van der Waals surface area contributed by atoms with E-state index in [1.54, 1.807) is 10.4 Å². The molecule has 6 rings (SSSR count). The Morgan fingerprint density at radius 2 is 0.681 bits per heavy atom. The third-order valence-electron chi connectivity index (χ3n) is 10.5. The van der Waals surface area contributed by atoms with E-state index < -0.39 is 8.07 Å². The summed E-state index contributed by atoms with van der Waals surface area (Å²) in [7, 11) is -2.85. The van der Waals surface area contributed by atoms with Crippen molar-refractivity contribution in [2.24, 2.45) is 0 Å². The van der Waals surface area contributed by atoms with E-state index in [2.05, 4.69) is 176 Å². The average molecular weight is 631 g/mol. The minimum absolute atomic E-state index is 0.0595. The Balaban J connectivity index is 2.01. The lowest BCUT2D eigenvalue weighted by molar-refractivity contribution is 0.741. The van der Waals surface area contributed by atoms with E-state index in [0.29, 0.717) is 0 Å². The van der Waals surface area contributed by atoms with Crippen molar-refractivity contribution in [3.05, 3.63) is 172 Å². The van der Waals surface area contributed by atoms with Gasteiger partial charge >= 0.3 is 0 Å². The first kappa shape index (κ1) is 32.7. The van der Waals surface area contributed by atoms with E-state index >= 15 is 0 Å². The molecule has 0 amide bonds. The summed E-state index contributed by atoms with van der Waals surface area (Å²) in [6.45, 7) is 16.9. The van der Waals surface area contributed by atoms with Gasteiger partial charge in [0.25, 0.3) is 0 Å². The first-order chi connectivity index (χ1) is 22.8. The lowest BCUT2D eigenvalue weighted by atomic mass is 9.83. The van der Waals surface area contributed by atoms with Gasteiger partial charge in [-0.25, -0.2) is 0 Å². The molecule has 1 aliphatic heterocycles. The third kappa shape index (κ3) is 5.39. The Bertz CT molecular complexity index is 1830. The van der Waals surface area contributed by atoms with Crippen LogP contribution in [0.2, 0.25) is 5.04 Å². The van der Waals surface area contributed by atoms with Gasteiger partial charge in [0.1, 0.15) is 0 Å². The van der Waals surface area contributed by atoms with Gasteiger partial charge in [-0.05, 0) is 102 Å². The maximum atomic E-state index is 2.54. The van der Waals surface area contributed by atoms with Gasteiger partial charge in [-0.3, -0.25) is 0 Å². The van der Waals surface area contributed by atoms with Crippen molar-refractivity contribution < 1.29 is 0 Å². The van der Waals surface area contributed by atoms with Crippen LogP contribution in [0, 0.1) is 0 Å². The highest BCUT2D eigenvalue weighted by molar-refractivity contribution is 7.23. The first-order valence-corrected chi connectivity index (χ1v) is 19.7. The molecule has 1 aliphatic rings. The molecular weight excluding hydrogens is 581 g/mol. The summed E-state index contributed by atoms with van der Waals surface area (Å²) in [4.78, 5) is 0. The molecule has 0 aromatic heterocycles. The van der Waals surface area contributed by atoms with Crippen molar-refractivity contribution in [2.45, 2.75) is 79.2 Å². The van der Waals surface area contributed by atoms with E-state index in [1.807, 2.05) is 0 Å². The van der Waals surface area contributed by atoms with Crippen LogP contribution in [0.25, 0.3) is 21.5 Å². The highest BCUT2D eigenvalue weighted by atomic mass is 28.3. The minimum Gasteiger partial charge on any atom is -0.0624 e. The third-order valence-corrected chi connectivity index (χ3v) is 16.5. The molecule has 1 heteroatoms. The second kappa shape index (κ2) is 13.5. The molecular formula is C46H50Si. The molecule has 0 N–H and O–H groups in total. The quantitative estimate of drug-likeness (QED) is 0.142. The van der Waals surface area contributed by atoms with Crippen molar-refractivity contribution in [1.29, 1.82) is 0 Å². The molecule has 5 aromatic carbocycles. The summed E-state index contributed by atoms with van der Waals surface area (Å²) < 4.78 is 0. The minimum atomic E-state index is -2.85. The maximum Gasteiger partial charge on any atom is 0.156 e. The summed E-state index contributed by atoms with van der Waals surface area (Å²) in [6, 6.07) is 48.8. The Morgan fingerprint density at radius 1 is 0.383 bits per heavy atom. The van der Waals surface area contributed by atoms with Gasteiger partial charge in [-0.2, -0.15) is 0 Å². The zero-order valence-electron chi connectivity index (χ0n) is 29.5. The molecule has 0 atom stereocenters. The fourth-order valence-electron chi connectivity index (χ4n) is 8.41. The van der Waals surface area contributed by atoms with Crippen LogP contribution < -0.4 is 5.19 Å². The van der Waals surface area contributed by atoms with Gasteiger partial charge in [0.2, 0.25) is 0 Å². The number of benzene rings is 5. The van der Waals surface area contributed by atoms with Gasteiger partial charge in [0.05, 0.1) is 0 Å². The van der Waals surface area contributed by atoms with E-state index in [4.69, 9.17) is 0 Å². The molecule has 0 radical (unpaired) electrons. The Labute approximate surface area is 284 Å². The van der Waals surface area contributed by atoms with E-state index in [9.17, 15) is 0 Å². The number of rotatable bonds is 9. The van der Waals surface area contributed by atoms with E-state index in [-0.39, 0.29) is 5.04 Å². The molecule has 0 bridgehead atoms. The summed E-state index contributed by atoms with van der Waals surface area (Å²) in [5.41, 5.74) is 14.2.